The van der Waals surface area contributed by atoms with Gasteiger partial charge in [0.15, 0.2) is 0 Å². The maximum absolute atomic E-state index is 13.4. The monoisotopic (exact) mass is 697 g/mol. The van der Waals surface area contributed by atoms with E-state index in [0.29, 0.717) is 70.5 Å². The summed E-state index contributed by atoms with van der Waals surface area (Å²) in [6, 6.07) is 13.8. The molecule has 2 saturated heterocycles. The Labute approximate surface area is 292 Å². The number of rotatable bonds is 8. The minimum absolute atomic E-state index is 0.0119. The lowest BCUT2D eigenvalue weighted by atomic mass is 9.81. The van der Waals surface area contributed by atoms with Crippen LogP contribution in [0.2, 0.25) is 0 Å². The second-order valence-electron chi connectivity index (χ2n) is 12.5. The van der Waals surface area contributed by atoms with Gasteiger partial charge in [0, 0.05) is 44.7 Å². The van der Waals surface area contributed by atoms with Crippen LogP contribution in [0.1, 0.15) is 54.4 Å². The van der Waals surface area contributed by atoms with Crippen molar-refractivity contribution in [2.75, 3.05) is 59.2 Å². The zero-order chi connectivity index (χ0) is 35.6. The first-order valence-electron chi connectivity index (χ1n) is 17.3. The van der Waals surface area contributed by atoms with Gasteiger partial charge in [0.05, 0.1) is 19.8 Å². The van der Waals surface area contributed by atoms with Crippen molar-refractivity contribution >= 4 is 29.7 Å². The first-order chi connectivity index (χ1) is 24.3. The summed E-state index contributed by atoms with van der Waals surface area (Å²) in [6.07, 6.45) is 2.36. The van der Waals surface area contributed by atoms with Crippen LogP contribution < -0.4 is 21.3 Å². The van der Waals surface area contributed by atoms with E-state index in [1.807, 2.05) is 30.3 Å². The summed E-state index contributed by atoms with van der Waals surface area (Å²) in [5.74, 6) is -1.76. The number of carbonyl (C=O) groups is 5. The van der Waals surface area contributed by atoms with Crippen molar-refractivity contribution < 1.29 is 42.6 Å². The Morgan fingerprint density at radius 2 is 1.66 bits per heavy atom. The average Bonchev–Trinajstić information content (AvgIpc) is 3.11. The van der Waals surface area contributed by atoms with E-state index in [9.17, 15) is 28.4 Å². The van der Waals surface area contributed by atoms with Crippen molar-refractivity contribution in [2.45, 2.75) is 51.2 Å². The highest BCUT2D eigenvalue weighted by molar-refractivity contribution is 5.94. The topological polar surface area (TPSA) is 164 Å². The first kappa shape index (κ1) is 38.2. The van der Waals surface area contributed by atoms with Crippen LogP contribution in [0.4, 0.5) is 9.18 Å². The van der Waals surface area contributed by atoms with Gasteiger partial charge in [-0.1, -0.05) is 30.3 Å². The van der Waals surface area contributed by atoms with Crippen molar-refractivity contribution in [2.24, 2.45) is 11.8 Å². The predicted molar refractivity (Wildman–Crippen MR) is 181 cm³/mol. The van der Waals surface area contributed by atoms with Gasteiger partial charge in [0.2, 0.25) is 17.7 Å². The lowest BCUT2D eigenvalue weighted by Crippen LogP contribution is -2.49. The zero-order valence-corrected chi connectivity index (χ0v) is 28.3. The molecule has 0 aromatic heterocycles. The standard InChI is InChI=1S/C36H48FN5O8/c37-30-11-9-27(10-12-30)34(45)39-15-5-4-8-31-35(46)40-16-13-29-23-42(36(47)50-24-26-6-2-1-3-7-26)18-14-28(29)22-32(43)38-17-19-48-20-21-49-25-33(44)41-31/h1-3,6-7,9-12,28-29,31H,4-5,8,13-25H2,(H,38,43)(H,39,45)(H,40,46)(H,41,44)/t28-,29-,31-/m0/s1. The molecule has 0 aliphatic carbocycles. The highest BCUT2D eigenvalue weighted by Gasteiger charge is 2.33. The van der Waals surface area contributed by atoms with E-state index in [0.717, 1.165) is 5.56 Å². The van der Waals surface area contributed by atoms with Gasteiger partial charge in [-0.3, -0.25) is 19.2 Å². The second-order valence-corrected chi connectivity index (χ2v) is 12.5. The lowest BCUT2D eigenvalue weighted by molar-refractivity contribution is -0.132. The third-order valence-electron chi connectivity index (χ3n) is 8.75. The molecule has 0 radical (unpaired) electrons. The summed E-state index contributed by atoms with van der Waals surface area (Å²) >= 11 is 0. The van der Waals surface area contributed by atoms with Gasteiger partial charge in [-0.15, -0.1) is 0 Å². The molecule has 0 saturated carbocycles. The van der Waals surface area contributed by atoms with E-state index in [2.05, 4.69) is 21.3 Å². The number of likely N-dealkylation sites (tertiary alicyclic amines) is 1. The number of halogens is 1. The highest BCUT2D eigenvalue weighted by Crippen LogP contribution is 2.29. The van der Waals surface area contributed by atoms with Crippen molar-refractivity contribution in [3.63, 3.8) is 0 Å². The van der Waals surface area contributed by atoms with Crippen LogP contribution in [-0.4, -0.2) is 99.8 Å². The Kier molecular flexibility index (Phi) is 15.9. The summed E-state index contributed by atoms with van der Waals surface area (Å²) in [6.45, 7) is 2.38. The number of piperidine rings is 1. The van der Waals surface area contributed by atoms with Gasteiger partial charge in [-0.2, -0.15) is 0 Å². The van der Waals surface area contributed by atoms with E-state index in [4.69, 9.17) is 14.2 Å². The van der Waals surface area contributed by atoms with Crippen molar-refractivity contribution in [3.05, 3.63) is 71.5 Å². The fourth-order valence-electron chi connectivity index (χ4n) is 6.00. The minimum Gasteiger partial charge on any atom is -0.445 e. The molecule has 2 aromatic rings. The number of nitrogens with one attached hydrogen (secondary N) is 4. The number of ether oxygens (including phenoxy) is 3. The fourth-order valence-corrected chi connectivity index (χ4v) is 6.00. The Morgan fingerprint density at radius 3 is 2.46 bits per heavy atom. The Balaban J connectivity index is 1.33. The van der Waals surface area contributed by atoms with Gasteiger partial charge < -0.3 is 40.4 Å². The van der Waals surface area contributed by atoms with Gasteiger partial charge >= 0.3 is 6.09 Å². The lowest BCUT2D eigenvalue weighted by Gasteiger charge is -2.38. The Morgan fingerprint density at radius 1 is 0.880 bits per heavy atom. The number of hydrogen-bond donors (Lipinski definition) is 4. The highest BCUT2D eigenvalue weighted by atomic mass is 19.1. The number of benzene rings is 2. The molecule has 2 heterocycles. The molecule has 13 nitrogen and oxygen atoms in total. The SMILES string of the molecule is O=C1C[C@@H]2CCN(C(=O)OCc3ccccc3)C[C@@H]2CCNC(=O)[C@H](CCCCNC(=O)c2ccc(F)cc2)NC(=O)COCCOCCN1. The molecule has 0 unspecified atom stereocenters. The van der Waals surface area contributed by atoms with Crippen LogP contribution in [0.3, 0.4) is 0 Å². The van der Waals surface area contributed by atoms with E-state index in [1.54, 1.807) is 4.90 Å². The van der Waals surface area contributed by atoms with Gasteiger partial charge in [0.25, 0.3) is 5.91 Å². The minimum atomic E-state index is -0.838. The maximum Gasteiger partial charge on any atom is 0.410 e. The fraction of sp³-hybridized carbons (Fsp3) is 0.528. The molecule has 0 spiro atoms. The molecule has 3 atom stereocenters. The van der Waals surface area contributed by atoms with E-state index >= 15 is 0 Å². The smallest absolute Gasteiger partial charge is 0.410 e. The summed E-state index contributed by atoms with van der Waals surface area (Å²) in [5.41, 5.74) is 1.23. The van der Waals surface area contributed by atoms with E-state index in [1.165, 1.54) is 24.3 Å². The first-order valence-corrected chi connectivity index (χ1v) is 17.3. The molecule has 5 amide bonds. The normalized spacial score (nSPS) is 21.6. The molecule has 14 heteroatoms. The molecule has 272 valence electrons. The van der Waals surface area contributed by atoms with Crippen LogP contribution in [0.15, 0.2) is 54.6 Å². The summed E-state index contributed by atoms with van der Waals surface area (Å²) < 4.78 is 29.6. The Bertz CT molecular complexity index is 1400. The molecule has 2 aromatic carbocycles. The van der Waals surface area contributed by atoms with Crippen LogP contribution in [0.5, 0.6) is 0 Å². The molecule has 0 bridgehead atoms. The number of nitrogens with zero attached hydrogens (tertiary/aromatic N) is 1. The molecule has 4 rings (SSSR count). The third-order valence-corrected chi connectivity index (χ3v) is 8.75. The Hall–Kier alpha value is -4.56. The molecular formula is C36H48FN5O8. The van der Waals surface area contributed by atoms with Crippen molar-refractivity contribution in [3.8, 4) is 0 Å². The second kappa shape index (κ2) is 20.8. The van der Waals surface area contributed by atoms with E-state index in [-0.39, 0.29) is 69.0 Å². The van der Waals surface area contributed by atoms with Crippen molar-refractivity contribution in [1.29, 1.82) is 0 Å². The van der Waals surface area contributed by atoms with Crippen LogP contribution in [0.25, 0.3) is 0 Å². The number of amides is 5. The molecule has 50 heavy (non-hydrogen) atoms. The van der Waals surface area contributed by atoms with Crippen LogP contribution in [-0.2, 0) is 35.2 Å². The van der Waals surface area contributed by atoms with Gasteiger partial charge in [-0.05, 0) is 73.8 Å². The quantitative estimate of drug-likeness (QED) is 0.306. The largest absolute Gasteiger partial charge is 0.445 e. The zero-order valence-electron chi connectivity index (χ0n) is 28.3. The molecule has 2 fully saturated rings. The van der Waals surface area contributed by atoms with E-state index < -0.39 is 23.9 Å². The van der Waals surface area contributed by atoms with Crippen LogP contribution in [0, 0.1) is 17.7 Å². The molecule has 4 N–H and O–H groups in total. The average molecular weight is 698 g/mol. The van der Waals surface area contributed by atoms with Gasteiger partial charge in [-0.25, -0.2) is 9.18 Å². The molecule has 2 aliphatic heterocycles. The summed E-state index contributed by atoms with van der Waals surface area (Å²) in [7, 11) is 0. The number of unbranched alkanes of at least 4 members (excludes halogenated alkanes) is 1. The van der Waals surface area contributed by atoms with Gasteiger partial charge in [0.1, 0.15) is 25.1 Å². The maximum atomic E-state index is 13.4. The van der Waals surface area contributed by atoms with Crippen LogP contribution >= 0.6 is 0 Å². The number of hydrogen-bond acceptors (Lipinski definition) is 8. The third kappa shape index (κ3) is 13.4. The predicted octanol–water partition coefficient (Wildman–Crippen LogP) is 2.54. The molecule has 2 aliphatic rings. The van der Waals surface area contributed by atoms with Crippen molar-refractivity contribution in [1.82, 2.24) is 26.2 Å². The summed E-state index contributed by atoms with van der Waals surface area (Å²) in [4.78, 5) is 65.8. The number of carbonyl (C=O) groups excluding carboxylic acids is 5. The molecular weight excluding hydrogens is 649 g/mol. The summed E-state index contributed by atoms with van der Waals surface area (Å²) in [5, 5.41) is 11.4. The number of fused-ring (bicyclic) bond motifs is 1.